The van der Waals surface area contributed by atoms with Crippen molar-refractivity contribution in [1.29, 1.82) is 0 Å². The highest BCUT2D eigenvalue weighted by molar-refractivity contribution is 4.77. The Kier molecular flexibility index (Phi) is 7.01. The van der Waals surface area contributed by atoms with Gasteiger partial charge in [0.15, 0.2) is 0 Å². The molecule has 0 aromatic carbocycles. The predicted molar refractivity (Wildman–Crippen MR) is 66.6 cm³/mol. The van der Waals surface area contributed by atoms with E-state index in [0.29, 0.717) is 6.04 Å². The Balaban J connectivity index is 2.34. The molecule has 96 valence electrons. The van der Waals surface area contributed by atoms with Crippen molar-refractivity contribution in [3.05, 3.63) is 0 Å². The molecule has 0 saturated heterocycles. The van der Waals surface area contributed by atoms with E-state index in [1.807, 2.05) is 6.92 Å². The second-order valence-electron chi connectivity index (χ2n) is 4.98. The number of nitrogens with zero attached hydrogens (tertiary/aromatic N) is 1. The van der Waals surface area contributed by atoms with Crippen LogP contribution >= 0.6 is 0 Å². The van der Waals surface area contributed by atoms with Crippen molar-refractivity contribution < 1.29 is 9.84 Å². The van der Waals surface area contributed by atoms with Crippen molar-refractivity contribution in [3.63, 3.8) is 0 Å². The average molecular weight is 229 g/mol. The monoisotopic (exact) mass is 229 g/mol. The maximum absolute atomic E-state index is 9.54. The van der Waals surface area contributed by atoms with E-state index in [1.54, 1.807) is 7.11 Å². The molecule has 0 aromatic heterocycles. The Morgan fingerprint density at radius 1 is 1.31 bits per heavy atom. The number of aliphatic hydroxyl groups is 1. The fourth-order valence-corrected chi connectivity index (χ4v) is 2.62. The third-order valence-corrected chi connectivity index (χ3v) is 3.38. The van der Waals surface area contributed by atoms with Crippen molar-refractivity contribution in [3.8, 4) is 0 Å². The number of aliphatic hydroxyl groups excluding tert-OH is 1. The van der Waals surface area contributed by atoms with Crippen LogP contribution in [0.1, 0.15) is 45.4 Å². The SMILES string of the molecule is COCCCN(CC(C)O)C1CCCCC1. The first-order valence-electron chi connectivity index (χ1n) is 6.65. The second-order valence-corrected chi connectivity index (χ2v) is 4.98. The number of hydrogen-bond acceptors (Lipinski definition) is 3. The second kappa shape index (κ2) is 8.04. The zero-order valence-electron chi connectivity index (χ0n) is 10.8. The zero-order chi connectivity index (χ0) is 11.8. The molecule has 1 aliphatic carbocycles. The van der Waals surface area contributed by atoms with Gasteiger partial charge in [-0.15, -0.1) is 0 Å². The normalized spacial score (nSPS) is 20.2. The number of rotatable bonds is 7. The van der Waals surface area contributed by atoms with Gasteiger partial charge >= 0.3 is 0 Å². The molecule has 0 amide bonds. The molecular weight excluding hydrogens is 202 g/mol. The molecule has 16 heavy (non-hydrogen) atoms. The van der Waals surface area contributed by atoms with Gasteiger partial charge in [0.2, 0.25) is 0 Å². The van der Waals surface area contributed by atoms with Crippen LogP contribution in [0.25, 0.3) is 0 Å². The number of ether oxygens (including phenoxy) is 1. The van der Waals surface area contributed by atoms with E-state index in [1.165, 1.54) is 32.1 Å². The molecule has 1 rings (SSSR count). The minimum atomic E-state index is -0.218. The molecule has 0 heterocycles. The predicted octanol–water partition coefficient (Wildman–Crippen LogP) is 2.04. The molecule has 0 spiro atoms. The summed E-state index contributed by atoms with van der Waals surface area (Å²) < 4.78 is 5.10. The highest BCUT2D eigenvalue weighted by atomic mass is 16.5. The first-order valence-corrected chi connectivity index (χ1v) is 6.65. The molecule has 1 saturated carbocycles. The lowest BCUT2D eigenvalue weighted by molar-refractivity contribution is 0.0736. The smallest absolute Gasteiger partial charge is 0.0639 e. The Labute approximate surface area is 99.8 Å². The Morgan fingerprint density at radius 2 is 2.00 bits per heavy atom. The van der Waals surface area contributed by atoms with E-state index in [-0.39, 0.29) is 6.10 Å². The summed E-state index contributed by atoms with van der Waals surface area (Å²) in [6, 6.07) is 0.695. The lowest BCUT2D eigenvalue weighted by Gasteiger charge is -2.35. The largest absolute Gasteiger partial charge is 0.392 e. The van der Waals surface area contributed by atoms with Crippen molar-refractivity contribution in [2.24, 2.45) is 0 Å². The molecule has 0 bridgehead atoms. The maximum atomic E-state index is 9.54. The van der Waals surface area contributed by atoms with Crippen LogP contribution in [0.3, 0.4) is 0 Å². The third-order valence-electron chi connectivity index (χ3n) is 3.38. The van der Waals surface area contributed by atoms with Crippen LogP contribution in [0, 0.1) is 0 Å². The molecular formula is C13H27NO2. The van der Waals surface area contributed by atoms with Crippen LogP contribution in [0.4, 0.5) is 0 Å². The summed E-state index contributed by atoms with van der Waals surface area (Å²) in [5.74, 6) is 0. The van der Waals surface area contributed by atoms with Gasteiger partial charge in [0, 0.05) is 32.8 Å². The van der Waals surface area contributed by atoms with E-state index in [0.717, 1.165) is 26.1 Å². The molecule has 0 aliphatic heterocycles. The van der Waals surface area contributed by atoms with Gasteiger partial charge in [0.25, 0.3) is 0 Å². The van der Waals surface area contributed by atoms with Gasteiger partial charge in [-0.2, -0.15) is 0 Å². The first kappa shape index (κ1) is 13.9. The third kappa shape index (κ3) is 5.28. The highest BCUT2D eigenvalue weighted by Gasteiger charge is 2.21. The summed E-state index contributed by atoms with van der Waals surface area (Å²) >= 11 is 0. The maximum Gasteiger partial charge on any atom is 0.0639 e. The van der Waals surface area contributed by atoms with Crippen LogP contribution in [0.2, 0.25) is 0 Å². The molecule has 1 N–H and O–H groups in total. The first-order chi connectivity index (χ1) is 7.74. The van der Waals surface area contributed by atoms with E-state index in [4.69, 9.17) is 4.74 Å². The lowest BCUT2D eigenvalue weighted by Crippen LogP contribution is -2.41. The molecule has 0 radical (unpaired) electrons. The van der Waals surface area contributed by atoms with Crippen molar-refractivity contribution in [2.75, 3.05) is 26.8 Å². The van der Waals surface area contributed by atoms with Crippen molar-refractivity contribution >= 4 is 0 Å². The van der Waals surface area contributed by atoms with Gasteiger partial charge in [0.1, 0.15) is 0 Å². The van der Waals surface area contributed by atoms with Crippen LogP contribution in [0.5, 0.6) is 0 Å². The summed E-state index contributed by atoms with van der Waals surface area (Å²) in [6.45, 7) is 4.58. The summed E-state index contributed by atoms with van der Waals surface area (Å²) in [4.78, 5) is 2.46. The summed E-state index contributed by atoms with van der Waals surface area (Å²) in [5.41, 5.74) is 0. The van der Waals surface area contributed by atoms with Crippen LogP contribution in [0.15, 0.2) is 0 Å². The summed E-state index contributed by atoms with van der Waals surface area (Å²) in [7, 11) is 1.75. The van der Waals surface area contributed by atoms with Crippen LogP contribution in [-0.4, -0.2) is 49.0 Å². The van der Waals surface area contributed by atoms with Gasteiger partial charge in [-0.25, -0.2) is 0 Å². The molecule has 1 unspecified atom stereocenters. The molecule has 1 atom stereocenters. The zero-order valence-corrected chi connectivity index (χ0v) is 10.8. The van der Waals surface area contributed by atoms with E-state index >= 15 is 0 Å². The van der Waals surface area contributed by atoms with Gasteiger partial charge in [-0.05, 0) is 26.2 Å². The van der Waals surface area contributed by atoms with Crippen LogP contribution in [-0.2, 0) is 4.74 Å². The highest BCUT2D eigenvalue weighted by Crippen LogP contribution is 2.22. The Hall–Kier alpha value is -0.120. The number of hydrogen-bond donors (Lipinski definition) is 1. The Bertz CT molecular complexity index is 167. The topological polar surface area (TPSA) is 32.7 Å². The number of methoxy groups -OCH3 is 1. The standard InChI is InChI=1S/C13H27NO2/c1-12(15)11-14(9-6-10-16-2)13-7-4-3-5-8-13/h12-13,15H,3-11H2,1-2H3. The molecule has 0 aromatic rings. The van der Waals surface area contributed by atoms with Crippen molar-refractivity contribution in [2.45, 2.75) is 57.6 Å². The molecule has 3 heteroatoms. The fraction of sp³-hybridized carbons (Fsp3) is 1.00. The summed E-state index contributed by atoms with van der Waals surface area (Å²) in [5, 5.41) is 9.54. The minimum Gasteiger partial charge on any atom is -0.392 e. The molecule has 3 nitrogen and oxygen atoms in total. The van der Waals surface area contributed by atoms with Gasteiger partial charge in [-0.1, -0.05) is 19.3 Å². The van der Waals surface area contributed by atoms with Gasteiger partial charge < -0.3 is 9.84 Å². The van der Waals surface area contributed by atoms with E-state index in [2.05, 4.69) is 4.90 Å². The van der Waals surface area contributed by atoms with Crippen molar-refractivity contribution in [1.82, 2.24) is 4.90 Å². The lowest BCUT2D eigenvalue weighted by atomic mass is 9.94. The summed E-state index contributed by atoms with van der Waals surface area (Å²) in [6.07, 6.45) is 7.55. The quantitative estimate of drug-likeness (QED) is 0.678. The Morgan fingerprint density at radius 3 is 2.56 bits per heavy atom. The van der Waals surface area contributed by atoms with Crippen LogP contribution < -0.4 is 0 Å². The minimum absolute atomic E-state index is 0.218. The van der Waals surface area contributed by atoms with E-state index < -0.39 is 0 Å². The fourth-order valence-electron chi connectivity index (χ4n) is 2.62. The molecule has 1 aliphatic rings. The van der Waals surface area contributed by atoms with Gasteiger partial charge in [-0.3, -0.25) is 4.90 Å². The molecule has 1 fully saturated rings. The van der Waals surface area contributed by atoms with E-state index in [9.17, 15) is 5.11 Å². The van der Waals surface area contributed by atoms with Gasteiger partial charge in [0.05, 0.1) is 6.10 Å². The average Bonchev–Trinajstić information content (AvgIpc) is 2.29.